The fourth-order valence-electron chi connectivity index (χ4n) is 2.49. The van der Waals surface area contributed by atoms with E-state index in [1.165, 1.54) is 18.2 Å². The van der Waals surface area contributed by atoms with Crippen molar-refractivity contribution in [2.75, 3.05) is 5.75 Å². The molecule has 7 heteroatoms. The number of benzene rings is 2. The van der Waals surface area contributed by atoms with Crippen molar-refractivity contribution in [2.45, 2.75) is 25.9 Å². The van der Waals surface area contributed by atoms with Crippen molar-refractivity contribution in [3.05, 3.63) is 66.0 Å². The van der Waals surface area contributed by atoms with Crippen LogP contribution in [0.5, 0.6) is 11.5 Å². The molecule has 0 aromatic heterocycles. The number of rotatable bonds is 5. The van der Waals surface area contributed by atoms with Gasteiger partial charge in [0.1, 0.15) is 11.4 Å². The lowest BCUT2D eigenvalue weighted by atomic mass is 10.1. The number of halogens is 1. The SMILES string of the molecule is CC1(C)CC(S(=O)(=O)CC=Cc2ccc(F)c(Oc3ccccc3)c2)=NO1. The third kappa shape index (κ3) is 4.95. The third-order valence-corrected chi connectivity index (χ3v) is 5.45. The zero-order chi connectivity index (χ0) is 19.5. The summed E-state index contributed by atoms with van der Waals surface area (Å²) < 4.78 is 44.2. The van der Waals surface area contributed by atoms with E-state index < -0.39 is 21.3 Å². The van der Waals surface area contributed by atoms with Crippen LogP contribution in [0.1, 0.15) is 25.8 Å². The standard InChI is InChI=1S/C20H20FNO4S/c1-20(2)14-19(22-26-20)27(23,24)12-6-7-15-10-11-17(21)18(13-15)25-16-8-4-3-5-9-16/h3-11,13H,12,14H2,1-2H3. The van der Waals surface area contributed by atoms with E-state index in [1.807, 2.05) is 6.07 Å². The summed E-state index contributed by atoms with van der Waals surface area (Å²) in [7, 11) is -3.54. The van der Waals surface area contributed by atoms with E-state index in [-0.39, 0.29) is 23.0 Å². The van der Waals surface area contributed by atoms with Gasteiger partial charge in [0.2, 0.25) is 0 Å². The van der Waals surface area contributed by atoms with Crippen molar-refractivity contribution in [2.24, 2.45) is 5.16 Å². The van der Waals surface area contributed by atoms with Crippen LogP contribution in [0.25, 0.3) is 6.08 Å². The van der Waals surface area contributed by atoms with E-state index in [0.717, 1.165) is 0 Å². The van der Waals surface area contributed by atoms with Crippen LogP contribution in [0.2, 0.25) is 0 Å². The van der Waals surface area contributed by atoms with Gasteiger partial charge < -0.3 is 9.57 Å². The van der Waals surface area contributed by atoms with Crippen molar-refractivity contribution in [1.82, 2.24) is 0 Å². The minimum Gasteiger partial charge on any atom is -0.454 e. The first-order valence-corrected chi connectivity index (χ1v) is 10.1. The largest absolute Gasteiger partial charge is 0.454 e. The Morgan fingerprint density at radius 2 is 1.96 bits per heavy atom. The lowest BCUT2D eigenvalue weighted by Crippen LogP contribution is -2.23. The zero-order valence-corrected chi connectivity index (χ0v) is 15.9. The molecule has 0 spiro atoms. The van der Waals surface area contributed by atoms with Crippen LogP contribution in [0.4, 0.5) is 4.39 Å². The summed E-state index contributed by atoms with van der Waals surface area (Å²) in [5.74, 6) is -0.121. The molecule has 0 fully saturated rings. The number of hydrogen-bond donors (Lipinski definition) is 0. The summed E-state index contributed by atoms with van der Waals surface area (Å²) in [4.78, 5) is 5.12. The van der Waals surface area contributed by atoms with E-state index in [4.69, 9.17) is 9.57 Å². The second-order valence-corrected chi connectivity index (χ2v) is 8.84. The van der Waals surface area contributed by atoms with Gasteiger partial charge in [0, 0.05) is 6.42 Å². The molecule has 0 radical (unpaired) electrons. The smallest absolute Gasteiger partial charge is 0.198 e. The molecule has 27 heavy (non-hydrogen) atoms. The van der Waals surface area contributed by atoms with Gasteiger partial charge in [-0.1, -0.05) is 41.6 Å². The molecule has 142 valence electrons. The van der Waals surface area contributed by atoms with Gasteiger partial charge in [-0.25, -0.2) is 12.8 Å². The van der Waals surface area contributed by atoms with Crippen LogP contribution in [-0.2, 0) is 14.7 Å². The third-order valence-electron chi connectivity index (χ3n) is 3.88. The first-order chi connectivity index (χ1) is 12.8. The van der Waals surface area contributed by atoms with Gasteiger partial charge in [0.25, 0.3) is 0 Å². The van der Waals surface area contributed by atoms with Gasteiger partial charge in [-0.05, 0) is 43.7 Å². The molecule has 0 saturated carbocycles. The Morgan fingerprint density at radius 1 is 1.22 bits per heavy atom. The normalized spacial score (nSPS) is 16.2. The summed E-state index contributed by atoms with van der Waals surface area (Å²) in [6, 6.07) is 13.2. The molecule has 2 aromatic rings. The van der Waals surface area contributed by atoms with E-state index >= 15 is 0 Å². The number of sulfone groups is 1. The second kappa shape index (κ2) is 7.52. The molecule has 5 nitrogen and oxygen atoms in total. The van der Waals surface area contributed by atoms with Crippen molar-refractivity contribution in [3.8, 4) is 11.5 Å². The maximum absolute atomic E-state index is 14.0. The molecule has 1 aliphatic heterocycles. The number of nitrogens with zero attached hydrogens (tertiary/aromatic N) is 1. The summed E-state index contributed by atoms with van der Waals surface area (Å²) >= 11 is 0. The minimum absolute atomic E-state index is 0.0457. The van der Waals surface area contributed by atoms with Gasteiger partial charge in [-0.15, -0.1) is 0 Å². The predicted molar refractivity (Wildman–Crippen MR) is 103 cm³/mol. The molecule has 3 rings (SSSR count). The number of hydrogen-bond acceptors (Lipinski definition) is 5. The Bertz CT molecular complexity index is 982. The van der Waals surface area contributed by atoms with Crippen molar-refractivity contribution in [3.63, 3.8) is 0 Å². The van der Waals surface area contributed by atoms with Crippen LogP contribution < -0.4 is 4.74 Å². The highest BCUT2D eigenvalue weighted by Crippen LogP contribution is 2.27. The van der Waals surface area contributed by atoms with Crippen LogP contribution >= 0.6 is 0 Å². The highest BCUT2D eigenvalue weighted by atomic mass is 32.2. The first kappa shape index (κ1) is 19.1. The molecule has 0 aliphatic carbocycles. The molecule has 0 saturated heterocycles. The van der Waals surface area contributed by atoms with E-state index in [0.29, 0.717) is 11.3 Å². The van der Waals surface area contributed by atoms with Gasteiger partial charge in [-0.2, -0.15) is 0 Å². The molecular formula is C20H20FNO4S. The number of para-hydroxylation sites is 1. The van der Waals surface area contributed by atoms with Crippen molar-refractivity contribution >= 4 is 21.0 Å². The molecule has 0 amide bonds. The summed E-state index contributed by atoms with van der Waals surface area (Å²) in [6.07, 6.45) is 3.36. The lowest BCUT2D eigenvalue weighted by Gasteiger charge is -2.12. The highest BCUT2D eigenvalue weighted by molar-refractivity contribution is 8.06. The van der Waals surface area contributed by atoms with Crippen LogP contribution in [0.15, 0.2) is 59.8 Å². The Hall–Kier alpha value is -2.67. The van der Waals surface area contributed by atoms with E-state index in [2.05, 4.69) is 5.16 Å². The zero-order valence-electron chi connectivity index (χ0n) is 15.1. The van der Waals surface area contributed by atoms with Crippen molar-refractivity contribution < 1.29 is 22.4 Å². The van der Waals surface area contributed by atoms with Gasteiger partial charge in [0.15, 0.2) is 26.4 Å². The number of ether oxygens (including phenoxy) is 1. The maximum Gasteiger partial charge on any atom is 0.198 e. The molecule has 1 heterocycles. The molecule has 0 atom stereocenters. The van der Waals surface area contributed by atoms with Gasteiger partial charge >= 0.3 is 0 Å². The topological polar surface area (TPSA) is 65.0 Å². The molecule has 1 aliphatic rings. The van der Waals surface area contributed by atoms with E-state index in [9.17, 15) is 12.8 Å². The fourth-order valence-corrected chi connectivity index (χ4v) is 3.75. The first-order valence-electron chi connectivity index (χ1n) is 8.42. The summed E-state index contributed by atoms with van der Waals surface area (Å²) in [5.41, 5.74) is 0.0229. The lowest BCUT2D eigenvalue weighted by molar-refractivity contribution is 0.0123. The molecule has 0 bridgehead atoms. The quantitative estimate of drug-likeness (QED) is 0.752. The summed E-state index contributed by atoms with van der Waals surface area (Å²) in [5, 5.41) is 3.73. The van der Waals surface area contributed by atoms with Crippen LogP contribution in [0.3, 0.4) is 0 Å². The summed E-state index contributed by atoms with van der Waals surface area (Å²) in [6.45, 7) is 3.56. The Kier molecular flexibility index (Phi) is 5.32. The molecule has 0 N–H and O–H groups in total. The Labute approximate surface area is 158 Å². The Morgan fingerprint density at radius 3 is 2.63 bits per heavy atom. The van der Waals surface area contributed by atoms with Crippen LogP contribution in [0, 0.1) is 5.82 Å². The predicted octanol–water partition coefficient (Wildman–Crippen LogP) is 4.56. The van der Waals surface area contributed by atoms with Crippen molar-refractivity contribution in [1.29, 1.82) is 0 Å². The Balaban J connectivity index is 1.70. The monoisotopic (exact) mass is 389 g/mol. The molecular weight excluding hydrogens is 369 g/mol. The van der Waals surface area contributed by atoms with Gasteiger partial charge in [-0.3, -0.25) is 0 Å². The minimum atomic E-state index is -3.54. The molecule has 2 aromatic carbocycles. The average Bonchev–Trinajstić information content (AvgIpc) is 2.99. The van der Waals surface area contributed by atoms with E-state index in [1.54, 1.807) is 50.3 Å². The number of oxime groups is 1. The molecule has 0 unspecified atom stereocenters. The maximum atomic E-state index is 14.0. The fraction of sp³-hybridized carbons (Fsp3) is 0.250. The van der Waals surface area contributed by atoms with Gasteiger partial charge in [0.05, 0.1) is 5.75 Å². The van der Waals surface area contributed by atoms with Crippen LogP contribution in [-0.4, -0.2) is 24.8 Å². The second-order valence-electron chi connectivity index (χ2n) is 6.80. The highest BCUT2D eigenvalue weighted by Gasteiger charge is 2.35. The average molecular weight is 389 g/mol.